The van der Waals surface area contributed by atoms with E-state index in [0.29, 0.717) is 6.04 Å². The molecule has 1 aliphatic heterocycles. The van der Waals surface area contributed by atoms with E-state index in [-0.39, 0.29) is 5.91 Å². The first-order valence-corrected chi connectivity index (χ1v) is 8.38. The van der Waals surface area contributed by atoms with Crippen molar-refractivity contribution in [3.8, 4) is 0 Å². The third-order valence-electron chi connectivity index (χ3n) is 4.43. The van der Waals surface area contributed by atoms with Gasteiger partial charge in [0.1, 0.15) is 0 Å². The van der Waals surface area contributed by atoms with Gasteiger partial charge >= 0.3 is 0 Å². The summed E-state index contributed by atoms with van der Waals surface area (Å²) in [7, 11) is 0. The van der Waals surface area contributed by atoms with Crippen molar-refractivity contribution in [2.45, 2.75) is 25.8 Å². The number of nitrogens with zero attached hydrogens (tertiary/aromatic N) is 1. The summed E-state index contributed by atoms with van der Waals surface area (Å²) in [6.07, 6.45) is 1.86. The van der Waals surface area contributed by atoms with E-state index in [9.17, 15) is 4.79 Å². The lowest BCUT2D eigenvalue weighted by atomic mass is 9.98. The van der Waals surface area contributed by atoms with Gasteiger partial charge in [-0.15, -0.1) is 0 Å². The molecule has 1 aliphatic rings. The fourth-order valence-electron chi connectivity index (χ4n) is 3.16. The smallest absolute Gasteiger partial charge is 0.254 e. The number of nitrogens with one attached hydrogen (secondary N) is 1. The van der Waals surface area contributed by atoms with Gasteiger partial charge in [-0.2, -0.15) is 0 Å². The number of carbonyl (C=O) groups is 1. The Balaban J connectivity index is 1.73. The molecule has 2 aromatic rings. The number of hydrogen-bond donors (Lipinski definition) is 1. The van der Waals surface area contributed by atoms with Gasteiger partial charge in [0, 0.05) is 31.2 Å². The number of hydrogen-bond acceptors (Lipinski definition) is 2. The lowest BCUT2D eigenvalue weighted by Crippen LogP contribution is -2.51. The van der Waals surface area contributed by atoms with Crippen LogP contribution in [0.1, 0.15) is 28.4 Å². The fraction of sp³-hybridized carbons (Fsp3) is 0.350. The number of piperazine rings is 1. The molecule has 120 valence electrons. The molecule has 3 rings (SSSR count). The highest BCUT2D eigenvalue weighted by Crippen LogP contribution is 2.16. The molecule has 1 heterocycles. The van der Waals surface area contributed by atoms with E-state index in [1.807, 2.05) is 29.2 Å². The number of benzene rings is 2. The van der Waals surface area contributed by atoms with Crippen LogP contribution in [-0.2, 0) is 12.8 Å². The summed E-state index contributed by atoms with van der Waals surface area (Å²) in [5.41, 5.74) is 3.32. The van der Waals surface area contributed by atoms with Crippen LogP contribution < -0.4 is 5.32 Å². The molecule has 0 radical (unpaired) electrons. The predicted octanol–water partition coefficient (Wildman–Crippen LogP) is 2.91. The average Bonchev–Trinajstić information content (AvgIpc) is 2.60. The van der Waals surface area contributed by atoms with Crippen LogP contribution >= 0.6 is 0 Å². The molecule has 1 fully saturated rings. The molecule has 3 heteroatoms. The zero-order valence-corrected chi connectivity index (χ0v) is 13.7. The maximum atomic E-state index is 12.9. The zero-order valence-electron chi connectivity index (χ0n) is 13.7. The minimum absolute atomic E-state index is 0.169. The summed E-state index contributed by atoms with van der Waals surface area (Å²) in [4.78, 5) is 14.9. The van der Waals surface area contributed by atoms with Crippen LogP contribution in [0.5, 0.6) is 0 Å². The van der Waals surface area contributed by atoms with Crippen LogP contribution in [0.15, 0.2) is 54.6 Å². The van der Waals surface area contributed by atoms with Crippen molar-refractivity contribution in [2.24, 2.45) is 0 Å². The second kappa shape index (κ2) is 7.42. The number of aryl methyl sites for hydroxylation is 2. The topological polar surface area (TPSA) is 32.3 Å². The Labute approximate surface area is 138 Å². The maximum Gasteiger partial charge on any atom is 0.254 e. The first-order chi connectivity index (χ1) is 11.2. The van der Waals surface area contributed by atoms with Crippen molar-refractivity contribution in [2.75, 3.05) is 19.6 Å². The van der Waals surface area contributed by atoms with Gasteiger partial charge in [0.05, 0.1) is 0 Å². The zero-order chi connectivity index (χ0) is 16.1. The Hall–Kier alpha value is -2.13. The third kappa shape index (κ3) is 3.99. The summed E-state index contributed by atoms with van der Waals surface area (Å²) < 4.78 is 0. The van der Waals surface area contributed by atoms with Gasteiger partial charge in [0.2, 0.25) is 0 Å². The van der Waals surface area contributed by atoms with Crippen LogP contribution in [-0.4, -0.2) is 36.5 Å². The second-order valence-corrected chi connectivity index (χ2v) is 6.25. The third-order valence-corrected chi connectivity index (χ3v) is 4.43. The van der Waals surface area contributed by atoms with Crippen molar-refractivity contribution >= 4 is 5.91 Å². The number of amides is 1. The van der Waals surface area contributed by atoms with Crippen LogP contribution in [0.25, 0.3) is 0 Å². The first kappa shape index (κ1) is 15.8. The summed E-state index contributed by atoms with van der Waals surface area (Å²) in [6.45, 7) is 4.57. The van der Waals surface area contributed by atoms with Gasteiger partial charge in [0.15, 0.2) is 0 Å². The molecule has 0 aromatic heterocycles. The maximum absolute atomic E-state index is 12.9. The lowest BCUT2D eigenvalue weighted by Gasteiger charge is -2.32. The van der Waals surface area contributed by atoms with Crippen molar-refractivity contribution in [1.29, 1.82) is 0 Å². The van der Waals surface area contributed by atoms with E-state index in [2.05, 4.69) is 42.6 Å². The SMILES string of the molecule is CC1CN(C(=O)c2ccccc2CCc2ccccc2)CCN1. The standard InChI is InChI=1S/C20H24N2O/c1-16-15-22(14-13-21-16)20(23)19-10-6-5-9-18(19)12-11-17-7-3-2-4-8-17/h2-10,16,21H,11-15H2,1H3. The first-order valence-electron chi connectivity index (χ1n) is 8.38. The fourth-order valence-corrected chi connectivity index (χ4v) is 3.16. The van der Waals surface area contributed by atoms with Gasteiger partial charge in [-0.25, -0.2) is 0 Å². The number of rotatable bonds is 4. The van der Waals surface area contributed by atoms with Gasteiger partial charge in [-0.05, 0) is 37.0 Å². The summed E-state index contributed by atoms with van der Waals surface area (Å²) in [6, 6.07) is 18.9. The van der Waals surface area contributed by atoms with E-state index >= 15 is 0 Å². The van der Waals surface area contributed by atoms with Crippen molar-refractivity contribution in [1.82, 2.24) is 10.2 Å². The normalized spacial score (nSPS) is 18.0. The Morgan fingerprint density at radius 3 is 2.61 bits per heavy atom. The van der Waals surface area contributed by atoms with Crippen LogP contribution in [0.2, 0.25) is 0 Å². The molecule has 0 spiro atoms. The monoisotopic (exact) mass is 308 g/mol. The van der Waals surface area contributed by atoms with E-state index in [1.54, 1.807) is 0 Å². The summed E-state index contributed by atoms with van der Waals surface area (Å²) in [5.74, 6) is 0.169. The molecule has 0 bridgehead atoms. The van der Waals surface area contributed by atoms with Gasteiger partial charge in [-0.3, -0.25) is 4.79 Å². The summed E-state index contributed by atoms with van der Waals surface area (Å²) in [5, 5.41) is 3.39. The summed E-state index contributed by atoms with van der Waals surface area (Å²) >= 11 is 0. The van der Waals surface area contributed by atoms with Crippen LogP contribution in [0.3, 0.4) is 0 Å². The Morgan fingerprint density at radius 2 is 1.83 bits per heavy atom. The minimum Gasteiger partial charge on any atom is -0.336 e. The molecule has 2 aromatic carbocycles. The Morgan fingerprint density at radius 1 is 1.09 bits per heavy atom. The highest BCUT2D eigenvalue weighted by molar-refractivity contribution is 5.95. The van der Waals surface area contributed by atoms with Crippen molar-refractivity contribution in [3.63, 3.8) is 0 Å². The lowest BCUT2D eigenvalue weighted by molar-refractivity contribution is 0.0708. The highest BCUT2D eigenvalue weighted by Gasteiger charge is 2.23. The van der Waals surface area contributed by atoms with E-state index in [4.69, 9.17) is 0 Å². The van der Waals surface area contributed by atoms with Gasteiger partial charge < -0.3 is 10.2 Å². The number of carbonyl (C=O) groups excluding carboxylic acids is 1. The quantitative estimate of drug-likeness (QED) is 0.942. The minimum atomic E-state index is 0.169. The van der Waals surface area contributed by atoms with Gasteiger partial charge in [0.25, 0.3) is 5.91 Å². The molecular weight excluding hydrogens is 284 g/mol. The Bertz CT molecular complexity index is 654. The Kier molecular flexibility index (Phi) is 5.09. The molecule has 1 unspecified atom stereocenters. The average molecular weight is 308 g/mol. The molecule has 0 aliphatic carbocycles. The molecule has 23 heavy (non-hydrogen) atoms. The van der Waals surface area contributed by atoms with Crippen LogP contribution in [0.4, 0.5) is 0 Å². The van der Waals surface area contributed by atoms with E-state index in [0.717, 1.165) is 43.6 Å². The second-order valence-electron chi connectivity index (χ2n) is 6.25. The molecule has 1 atom stereocenters. The molecular formula is C20H24N2O. The van der Waals surface area contributed by atoms with Crippen molar-refractivity contribution in [3.05, 3.63) is 71.3 Å². The van der Waals surface area contributed by atoms with Gasteiger partial charge in [-0.1, -0.05) is 48.5 Å². The van der Waals surface area contributed by atoms with Crippen molar-refractivity contribution < 1.29 is 4.79 Å². The molecule has 1 amide bonds. The van der Waals surface area contributed by atoms with E-state index < -0.39 is 0 Å². The van der Waals surface area contributed by atoms with E-state index in [1.165, 1.54) is 5.56 Å². The molecule has 0 saturated carbocycles. The highest BCUT2D eigenvalue weighted by atomic mass is 16.2. The largest absolute Gasteiger partial charge is 0.336 e. The van der Waals surface area contributed by atoms with Crippen LogP contribution in [0, 0.1) is 0 Å². The predicted molar refractivity (Wildman–Crippen MR) is 93.7 cm³/mol. The molecule has 1 saturated heterocycles. The molecule has 1 N–H and O–H groups in total. The molecule has 3 nitrogen and oxygen atoms in total.